The Labute approximate surface area is 227 Å². The lowest BCUT2D eigenvalue weighted by atomic mass is 9.94. The number of carbonyl (C=O) groups is 3. The van der Waals surface area contributed by atoms with Gasteiger partial charge in [0, 0.05) is 12.1 Å². The van der Waals surface area contributed by atoms with Gasteiger partial charge < -0.3 is 24.6 Å². The number of Topliss-reactive ketones (excluding diaryl/α,β-unsaturated/α-hetero) is 1. The van der Waals surface area contributed by atoms with E-state index >= 15 is 0 Å². The van der Waals surface area contributed by atoms with Crippen molar-refractivity contribution in [2.75, 3.05) is 6.61 Å². The number of rotatable bonds is 8. The summed E-state index contributed by atoms with van der Waals surface area (Å²) < 4.78 is 10.8. The number of carbonyl (C=O) groups excluding carboxylic acids is 3. The van der Waals surface area contributed by atoms with E-state index in [1.807, 2.05) is 20.8 Å². The van der Waals surface area contributed by atoms with Crippen LogP contribution in [0, 0.1) is 6.92 Å². The van der Waals surface area contributed by atoms with Gasteiger partial charge in [0.2, 0.25) is 0 Å². The fraction of sp³-hybridized carbons (Fsp3) is 0.258. The Bertz CT molecular complexity index is 1420. The summed E-state index contributed by atoms with van der Waals surface area (Å²) >= 11 is 0. The van der Waals surface area contributed by atoms with E-state index < -0.39 is 23.7 Å². The molecule has 2 N–H and O–H groups in total. The van der Waals surface area contributed by atoms with E-state index in [0.29, 0.717) is 28.0 Å². The first-order chi connectivity index (χ1) is 18.6. The number of esters is 1. The zero-order valence-electron chi connectivity index (χ0n) is 22.3. The first-order valence-corrected chi connectivity index (χ1v) is 12.7. The van der Waals surface area contributed by atoms with E-state index in [2.05, 4.69) is 0 Å². The standard InChI is InChI=1S/C31H31NO7/c1-5-38-31(37)22-8-6-20(7-9-22)17-32-27(21-10-13-24(33)14-11-21)26(29(35)30(32)36)28(34)23-12-15-25(19(4)16-23)39-18(2)3/h6-16,18,27,33-34H,5,17H2,1-4H3/b28-26-. The molecule has 202 valence electrons. The SMILES string of the molecule is CCOC(=O)c1ccc(CN2C(=O)C(=O)/C(=C(\O)c3ccc(OC(C)C)c(C)c3)C2c2ccc(O)cc2)cc1. The Morgan fingerprint density at radius 1 is 0.974 bits per heavy atom. The molecule has 8 heteroatoms. The first kappa shape index (κ1) is 27.4. The van der Waals surface area contributed by atoms with Crippen molar-refractivity contribution in [2.45, 2.75) is 46.4 Å². The molecule has 8 nitrogen and oxygen atoms in total. The Balaban J connectivity index is 1.76. The van der Waals surface area contributed by atoms with Crippen LogP contribution in [0.2, 0.25) is 0 Å². The zero-order valence-corrected chi connectivity index (χ0v) is 22.3. The third-order valence-electron chi connectivity index (χ3n) is 6.38. The summed E-state index contributed by atoms with van der Waals surface area (Å²) in [4.78, 5) is 40.0. The van der Waals surface area contributed by atoms with Crippen LogP contribution >= 0.6 is 0 Å². The van der Waals surface area contributed by atoms with E-state index in [0.717, 1.165) is 5.56 Å². The monoisotopic (exact) mass is 529 g/mol. The largest absolute Gasteiger partial charge is 0.508 e. The number of amides is 1. The number of hydrogen-bond acceptors (Lipinski definition) is 7. The third kappa shape index (κ3) is 5.80. The maximum Gasteiger partial charge on any atom is 0.338 e. The van der Waals surface area contributed by atoms with Gasteiger partial charge in [0.1, 0.15) is 17.3 Å². The average molecular weight is 530 g/mol. The van der Waals surface area contributed by atoms with Crippen molar-refractivity contribution < 1.29 is 34.1 Å². The number of likely N-dealkylation sites (tertiary alicyclic amines) is 1. The molecule has 1 fully saturated rings. The molecule has 1 unspecified atom stereocenters. The predicted molar refractivity (Wildman–Crippen MR) is 145 cm³/mol. The van der Waals surface area contributed by atoms with E-state index in [1.165, 1.54) is 17.0 Å². The number of aryl methyl sites for hydroxylation is 1. The molecular formula is C31H31NO7. The van der Waals surface area contributed by atoms with Gasteiger partial charge in [-0.3, -0.25) is 9.59 Å². The molecule has 1 saturated heterocycles. The fourth-order valence-corrected chi connectivity index (χ4v) is 4.54. The van der Waals surface area contributed by atoms with E-state index in [1.54, 1.807) is 61.5 Å². The molecule has 1 heterocycles. The third-order valence-corrected chi connectivity index (χ3v) is 6.38. The quantitative estimate of drug-likeness (QED) is 0.176. The topological polar surface area (TPSA) is 113 Å². The van der Waals surface area contributed by atoms with Crippen LogP contribution in [0.3, 0.4) is 0 Å². The van der Waals surface area contributed by atoms with Gasteiger partial charge in [-0.25, -0.2) is 4.79 Å². The second-order valence-corrected chi connectivity index (χ2v) is 9.58. The number of benzene rings is 3. The van der Waals surface area contributed by atoms with Crippen molar-refractivity contribution >= 4 is 23.4 Å². The van der Waals surface area contributed by atoms with Crippen LogP contribution in [0.5, 0.6) is 11.5 Å². The molecule has 0 spiro atoms. The van der Waals surface area contributed by atoms with Gasteiger partial charge in [-0.2, -0.15) is 0 Å². The van der Waals surface area contributed by atoms with Crippen LogP contribution in [-0.2, 0) is 20.9 Å². The van der Waals surface area contributed by atoms with Gasteiger partial charge in [-0.15, -0.1) is 0 Å². The lowest BCUT2D eigenvalue weighted by molar-refractivity contribution is -0.140. The summed E-state index contributed by atoms with van der Waals surface area (Å²) in [6.07, 6.45) is -0.0330. The highest BCUT2D eigenvalue weighted by Gasteiger charge is 2.46. The zero-order chi connectivity index (χ0) is 28.3. The molecule has 4 rings (SSSR count). The second kappa shape index (κ2) is 11.4. The lowest BCUT2D eigenvalue weighted by Crippen LogP contribution is -2.29. The van der Waals surface area contributed by atoms with Crippen LogP contribution < -0.4 is 4.74 Å². The molecule has 0 saturated carbocycles. The second-order valence-electron chi connectivity index (χ2n) is 9.58. The van der Waals surface area contributed by atoms with Crippen molar-refractivity contribution in [3.63, 3.8) is 0 Å². The molecule has 1 aliphatic heterocycles. The Morgan fingerprint density at radius 3 is 2.21 bits per heavy atom. The molecule has 3 aromatic rings. The van der Waals surface area contributed by atoms with Crippen molar-refractivity contribution in [1.82, 2.24) is 4.90 Å². The van der Waals surface area contributed by atoms with Crippen LogP contribution in [0.25, 0.3) is 5.76 Å². The highest BCUT2D eigenvalue weighted by Crippen LogP contribution is 2.41. The van der Waals surface area contributed by atoms with Crippen LogP contribution in [0.15, 0.2) is 72.3 Å². The number of phenols is 1. The normalized spacial score (nSPS) is 16.5. The van der Waals surface area contributed by atoms with Gasteiger partial charge in [-0.05, 0) is 86.8 Å². The van der Waals surface area contributed by atoms with Crippen molar-refractivity contribution in [3.8, 4) is 11.5 Å². The Hall–Kier alpha value is -4.59. The number of hydrogen-bond donors (Lipinski definition) is 2. The molecule has 1 aliphatic rings. The maximum atomic E-state index is 13.3. The summed E-state index contributed by atoms with van der Waals surface area (Å²) in [5.41, 5.74) is 2.70. The summed E-state index contributed by atoms with van der Waals surface area (Å²) in [6, 6.07) is 16.9. The molecule has 0 bridgehead atoms. The van der Waals surface area contributed by atoms with E-state index in [4.69, 9.17) is 9.47 Å². The molecular weight excluding hydrogens is 498 g/mol. The van der Waals surface area contributed by atoms with Crippen molar-refractivity contribution in [1.29, 1.82) is 0 Å². The highest BCUT2D eigenvalue weighted by molar-refractivity contribution is 6.46. The minimum Gasteiger partial charge on any atom is -0.508 e. The molecule has 1 atom stereocenters. The fourth-order valence-electron chi connectivity index (χ4n) is 4.54. The number of aliphatic hydroxyl groups excluding tert-OH is 1. The minimum absolute atomic E-state index is 0.0293. The van der Waals surface area contributed by atoms with Crippen molar-refractivity contribution in [3.05, 3.63) is 100 Å². The lowest BCUT2D eigenvalue weighted by Gasteiger charge is -2.25. The first-order valence-electron chi connectivity index (χ1n) is 12.7. The molecule has 39 heavy (non-hydrogen) atoms. The minimum atomic E-state index is -0.901. The average Bonchev–Trinajstić information content (AvgIpc) is 3.15. The summed E-state index contributed by atoms with van der Waals surface area (Å²) in [5, 5.41) is 21.2. The van der Waals surface area contributed by atoms with Gasteiger partial charge in [0.05, 0.1) is 29.9 Å². The van der Waals surface area contributed by atoms with Gasteiger partial charge >= 0.3 is 5.97 Å². The van der Waals surface area contributed by atoms with E-state index in [9.17, 15) is 24.6 Å². The highest BCUT2D eigenvalue weighted by atomic mass is 16.5. The number of nitrogens with zero attached hydrogens (tertiary/aromatic N) is 1. The van der Waals surface area contributed by atoms with Gasteiger partial charge in [0.15, 0.2) is 0 Å². The summed E-state index contributed by atoms with van der Waals surface area (Å²) in [7, 11) is 0. The molecule has 0 radical (unpaired) electrons. The molecule has 0 aliphatic carbocycles. The van der Waals surface area contributed by atoms with Gasteiger partial charge in [-0.1, -0.05) is 24.3 Å². The Morgan fingerprint density at radius 2 is 1.62 bits per heavy atom. The van der Waals surface area contributed by atoms with Gasteiger partial charge in [0.25, 0.3) is 11.7 Å². The van der Waals surface area contributed by atoms with Crippen LogP contribution in [0.4, 0.5) is 0 Å². The van der Waals surface area contributed by atoms with Crippen molar-refractivity contribution in [2.24, 2.45) is 0 Å². The number of phenolic OH excluding ortho intramolecular Hbond substituents is 1. The molecule has 0 aromatic heterocycles. The maximum absolute atomic E-state index is 13.3. The molecule has 1 amide bonds. The smallest absolute Gasteiger partial charge is 0.338 e. The van der Waals surface area contributed by atoms with Crippen LogP contribution in [0.1, 0.15) is 59.4 Å². The number of ketones is 1. The predicted octanol–water partition coefficient (Wildman–Crippen LogP) is 5.29. The summed E-state index contributed by atoms with van der Waals surface area (Å²) in [6.45, 7) is 7.70. The molecule has 3 aromatic carbocycles. The van der Waals surface area contributed by atoms with E-state index in [-0.39, 0.29) is 36.3 Å². The van der Waals surface area contributed by atoms with Crippen LogP contribution in [-0.4, -0.2) is 45.5 Å². The number of ether oxygens (including phenoxy) is 2. The number of aromatic hydroxyl groups is 1. The number of aliphatic hydroxyl groups is 1. The summed E-state index contributed by atoms with van der Waals surface area (Å²) in [5.74, 6) is -1.64. The Kier molecular flexibility index (Phi) is 8.04.